The predicted octanol–water partition coefficient (Wildman–Crippen LogP) is 4.39. The first-order chi connectivity index (χ1) is 12.8. The number of benzene rings is 1. The van der Waals surface area contributed by atoms with E-state index in [1.807, 2.05) is 47.4 Å². The van der Waals surface area contributed by atoms with Crippen molar-refractivity contribution in [1.82, 2.24) is 14.9 Å². The van der Waals surface area contributed by atoms with Crippen LogP contribution in [0.25, 0.3) is 10.9 Å². The molecule has 26 heavy (non-hydrogen) atoms. The first kappa shape index (κ1) is 16.5. The van der Waals surface area contributed by atoms with Gasteiger partial charge in [0.25, 0.3) is 5.91 Å². The standard InChI is InChI=1S/C21H22N4O/c26-21(25-13-3-1-2-4-14-25)19-15-17(10-12-22-19)24-18-9-5-7-16-8-6-11-23-20(16)18/h5-12,15H,1-4,13-14H2,(H,22,24). The van der Waals surface area contributed by atoms with E-state index in [2.05, 4.69) is 15.3 Å². The van der Waals surface area contributed by atoms with Gasteiger partial charge in [-0.1, -0.05) is 31.0 Å². The number of nitrogens with zero attached hydrogens (tertiary/aromatic N) is 3. The Labute approximate surface area is 153 Å². The molecule has 0 saturated carbocycles. The number of nitrogens with one attached hydrogen (secondary N) is 1. The summed E-state index contributed by atoms with van der Waals surface area (Å²) < 4.78 is 0. The molecule has 3 heterocycles. The van der Waals surface area contributed by atoms with Crippen LogP contribution in [-0.4, -0.2) is 33.9 Å². The molecule has 0 bridgehead atoms. The van der Waals surface area contributed by atoms with Gasteiger partial charge in [-0.2, -0.15) is 0 Å². The van der Waals surface area contributed by atoms with Crippen molar-refractivity contribution in [2.75, 3.05) is 18.4 Å². The van der Waals surface area contributed by atoms with E-state index >= 15 is 0 Å². The summed E-state index contributed by atoms with van der Waals surface area (Å²) in [5.74, 6) is 0.0200. The van der Waals surface area contributed by atoms with Gasteiger partial charge in [-0.3, -0.25) is 14.8 Å². The Bertz CT molecular complexity index is 911. The molecule has 5 nitrogen and oxygen atoms in total. The largest absolute Gasteiger partial charge is 0.354 e. The quantitative estimate of drug-likeness (QED) is 0.764. The van der Waals surface area contributed by atoms with E-state index in [9.17, 15) is 4.79 Å². The lowest BCUT2D eigenvalue weighted by molar-refractivity contribution is 0.0756. The van der Waals surface area contributed by atoms with E-state index in [1.165, 1.54) is 12.8 Å². The zero-order valence-corrected chi connectivity index (χ0v) is 14.7. The summed E-state index contributed by atoms with van der Waals surface area (Å²) in [5.41, 5.74) is 3.16. The van der Waals surface area contributed by atoms with Crippen molar-refractivity contribution in [2.24, 2.45) is 0 Å². The SMILES string of the molecule is O=C(c1cc(Nc2cccc3cccnc23)ccn1)N1CCCCCC1. The molecule has 0 aliphatic carbocycles. The van der Waals surface area contributed by atoms with E-state index in [0.29, 0.717) is 5.69 Å². The molecule has 0 radical (unpaired) electrons. The van der Waals surface area contributed by atoms with Gasteiger partial charge < -0.3 is 10.2 Å². The summed E-state index contributed by atoms with van der Waals surface area (Å²) in [4.78, 5) is 23.5. The predicted molar refractivity (Wildman–Crippen MR) is 104 cm³/mol. The number of hydrogen-bond acceptors (Lipinski definition) is 4. The van der Waals surface area contributed by atoms with Crippen molar-refractivity contribution in [1.29, 1.82) is 0 Å². The van der Waals surface area contributed by atoms with Crippen molar-refractivity contribution >= 4 is 28.2 Å². The molecule has 1 aliphatic heterocycles. The Morgan fingerprint density at radius 3 is 2.58 bits per heavy atom. The highest BCUT2D eigenvalue weighted by molar-refractivity contribution is 5.95. The van der Waals surface area contributed by atoms with E-state index in [0.717, 1.165) is 48.2 Å². The number of rotatable bonds is 3. The minimum absolute atomic E-state index is 0.0200. The Morgan fingerprint density at radius 2 is 1.73 bits per heavy atom. The number of carbonyl (C=O) groups is 1. The third-order valence-corrected chi connectivity index (χ3v) is 4.78. The molecule has 1 aromatic carbocycles. The summed E-state index contributed by atoms with van der Waals surface area (Å²) in [6.07, 6.45) is 8.02. The number of anilines is 2. The third-order valence-electron chi connectivity index (χ3n) is 4.78. The van der Waals surface area contributed by atoms with Crippen LogP contribution in [-0.2, 0) is 0 Å². The normalized spacial score (nSPS) is 14.8. The molecule has 1 N–H and O–H groups in total. The van der Waals surface area contributed by atoms with Gasteiger partial charge in [0.1, 0.15) is 5.69 Å². The fourth-order valence-corrected chi connectivity index (χ4v) is 3.42. The van der Waals surface area contributed by atoms with Crippen molar-refractivity contribution in [3.05, 3.63) is 60.6 Å². The lowest BCUT2D eigenvalue weighted by atomic mass is 10.2. The summed E-state index contributed by atoms with van der Waals surface area (Å²) in [5, 5.41) is 4.46. The van der Waals surface area contributed by atoms with E-state index in [-0.39, 0.29) is 5.91 Å². The first-order valence-electron chi connectivity index (χ1n) is 9.17. The highest BCUT2D eigenvalue weighted by Gasteiger charge is 2.18. The molecule has 2 aromatic heterocycles. The fourth-order valence-electron chi connectivity index (χ4n) is 3.42. The molecule has 1 fully saturated rings. The zero-order chi connectivity index (χ0) is 17.8. The number of para-hydroxylation sites is 1. The Morgan fingerprint density at radius 1 is 0.923 bits per heavy atom. The Hall–Kier alpha value is -2.95. The zero-order valence-electron chi connectivity index (χ0n) is 14.7. The monoisotopic (exact) mass is 346 g/mol. The molecule has 1 amide bonds. The Balaban J connectivity index is 1.58. The molecular formula is C21H22N4O. The van der Waals surface area contributed by atoms with E-state index in [1.54, 1.807) is 12.4 Å². The average Bonchev–Trinajstić information content (AvgIpc) is 2.97. The topological polar surface area (TPSA) is 58.1 Å². The van der Waals surface area contributed by atoms with Gasteiger partial charge in [-0.25, -0.2) is 0 Å². The lowest BCUT2D eigenvalue weighted by Gasteiger charge is -2.20. The summed E-state index contributed by atoms with van der Waals surface area (Å²) in [6, 6.07) is 13.7. The van der Waals surface area contributed by atoms with Crippen LogP contribution in [0.5, 0.6) is 0 Å². The molecule has 3 aromatic rings. The van der Waals surface area contributed by atoms with Crippen LogP contribution >= 0.6 is 0 Å². The molecule has 4 rings (SSSR count). The van der Waals surface area contributed by atoms with Crippen LogP contribution in [0.3, 0.4) is 0 Å². The van der Waals surface area contributed by atoms with Crippen LogP contribution < -0.4 is 5.32 Å². The number of aromatic nitrogens is 2. The summed E-state index contributed by atoms with van der Waals surface area (Å²) >= 11 is 0. The van der Waals surface area contributed by atoms with Crippen LogP contribution in [0.1, 0.15) is 36.2 Å². The maximum absolute atomic E-state index is 12.8. The lowest BCUT2D eigenvalue weighted by Crippen LogP contribution is -2.32. The fraction of sp³-hybridized carbons (Fsp3) is 0.286. The number of hydrogen-bond donors (Lipinski definition) is 1. The van der Waals surface area contributed by atoms with E-state index in [4.69, 9.17) is 0 Å². The number of carbonyl (C=O) groups excluding carboxylic acids is 1. The van der Waals surface area contributed by atoms with Crippen LogP contribution in [0.4, 0.5) is 11.4 Å². The molecule has 1 saturated heterocycles. The number of pyridine rings is 2. The number of fused-ring (bicyclic) bond motifs is 1. The molecule has 0 unspecified atom stereocenters. The summed E-state index contributed by atoms with van der Waals surface area (Å²) in [6.45, 7) is 1.65. The number of likely N-dealkylation sites (tertiary alicyclic amines) is 1. The second-order valence-corrected chi connectivity index (χ2v) is 6.64. The second kappa shape index (κ2) is 7.52. The highest BCUT2D eigenvalue weighted by Crippen LogP contribution is 2.25. The van der Waals surface area contributed by atoms with Crippen molar-refractivity contribution in [3.8, 4) is 0 Å². The Kier molecular flexibility index (Phi) is 4.78. The third kappa shape index (κ3) is 3.52. The number of amides is 1. The minimum Gasteiger partial charge on any atom is -0.354 e. The van der Waals surface area contributed by atoms with Gasteiger partial charge >= 0.3 is 0 Å². The van der Waals surface area contributed by atoms with Gasteiger partial charge in [0.15, 0.2) is 0 Å². The van der Waals surface area contributed by atoms with Gasteiger partial charge in [0.05, 0.1) is 11.2 Å². The van der Waals surface area contributed by atoms with Crippen molar-refractivity contribution in [3.63, 3.8) is 0 Å². The van der Waals surface area contributed by atoms with Crippen molar-refractivity contribution < 1.29 is 4.79 Å². The molecule has 132 valence electrons. The minimum atomic E-state index is 0.0200. The van der Waals surface area contributed by atoms with Gasteiger partial charge in [-0.15, -0.1) is 0 Å². The van der Waals surface area contributed by atoms with Crippen LogP contribution in [0, 0.1) is 0 Å². The summed E-state index contributed by atoms with van der Waals surface area (Å²) in [7, 11) is 0. The molecule has 1 aliphatic rings. The van der Waals surface area contributed by atoms with Gasteiger partial charge in [0, 0.05) is 36.6 Å². The second-order valence-electron chi connectivity index (χ2n) is 6.64. The van der Waals surface area contributed by atoms with Crippen LogP contribution in [0.2, 0.25) is 0 Å². The molecule has 0 spiro atoms. The van der Waals surface area contributed by atoms with Gasteiger partial charge in [-0.05, 0) is 37.1 Å². The first-order valence-corrected chi connectivity index (χ1v) is 9.17. The average molecular weight is 346 g/mol. The molecular weight excluding hydrogens is 324 g/mol. The maximum atomic E-state index is 12.8. The van der Waals surface area contributed by atoms with Crippen LogP contribution in [0.15, 0.2) is 54.9 Å². The molecule has 0 atom stereocenters. The smallest absolute Gasteiger partial charge is 0.272 e. The van der Waals surface area contributed by atoms with Crippen molar-refractivity contribution in [2.45, 2.75) is 25.7 Å². The van der Waals surface area contributed by atoms with E-state index < -0.39 is 0 Å². The van der Waals surface area contributed by atoms with Gasteiger partial charge in [0.2, 0.25) is 0 Å². The molecule has 5 heteroatoms. The highest BCUT2D eigenvalue weighted by atomic mass is 16.2. The maximum Gasteiger partial charge on any atom is 0.272 e.